The summed E-state index contributed by atoms with van der Waals surface area (Å²) in [5.41, 5.74) is 6.74. The Labute approximate surface area is 88.7 Å². The molecule has 2 rings (SSSR count). The van der Waals surface area contributed by atoms with E-state index < -0.39 is 0 Å². The maximum absolute atomic E-state index is 5.56. The Morgan fingerprint density at radius 1 is 1.64 bits per heavy atom. The van der Waals surface area contributed by atoms with E-state index in [4.69, 9.17) is 5.73 Å². The number of nitrogens with zero attached hydrogens (tertiary/aromatic N) is 1. The van der Waals surface area contributed by atoms with Crippen LogP contribution in [0.5, 0.6) is 0 Å². The summed E-state index contributed by atoms with van der Waals surface area (Å²) in [6.07, 6.45) is 2.21. The first-order chi connectivity index (χ1) is 6.81. The Kier molecular flexibility index (Phi) is 3.15. The van der Waals surface area contributed by atoms with Gasteiger partial charge in [0.05, 0.1) is 10.7 Å². The number of aryl methyl sites for hydroxylation is 1. The molecular formula is C10H17N3S. The van der Waals surface area contributed by atoms with Crippen LogP contribution >= 0.6 is 11.3 Å². The van der Waals surface area contributed by atoms with Crippen LogP contribution in [0.2, 0.25) is 0 Å². The Bertz CT molecular complexity index is 302. The van der Waals surface area contributed by atoms with E-state index in [1.807, 2.05) is 11.3 Å². The van der Waals surface area contributed by atoms with Crippen LogP contribution in [0, 0.1) is 6.92 Å². The first-order valence-electron chi connectivity index (χ1n) is 5.18. The first kappa shape index (κ1) is 10.1. The molecular weight excluding hydrogens is 194 g/mol. The molecule has 1 aromatic heterocycles. The molecule has 78 valence electrons. The minimum atomic E-state index is 0.644. The van der Waals surface area contributed by atoms with Gasteiger partial charge in [-0.05, 0) is 32.9 Å². The highest BCUT2D eigenvalue weighted by atomic mass is 32.1. The summed E-state index contributed by atoms with van der Waals surface area (Å²) in [5.74, 6) is 0.644. The second-order valence-corrected chi connectivity index (χ2v) is 4.90. The van der Waals surface area contributed by atoms with Gasteiger partial charge in [-0.3, -0.25) is 0 Å². The van der Waals surface area contributed by atoms with Gasteiger partial charge in [0.1, 0.15) is 0 Å². The SMILES string of the molecule is Cc1nc(C2CCNC2)sc1CCN. The van der Waals surface area contributed by atoms with Crippen molar-refractivity contribution in [3.63, 3.8) is 0 Å². The van der Waals surface area contributed by atoms with Crippen LogP contribution in [0.3, 0.4) is 0 Å². The van der Waals surface area contributed by atoms with Gasteiger partial charge in [-0.15, -0.1) is 11.3 Å². The molecule has 1 atom stereocenters. The van der Waals surface area contributed by atoms with Crippen LogP contribution in [-0.4, -0.2) is 24.6 Å². The van der Waals surface area contributed by atoms with E-state index in [-0.39, 0.29) is 0 Å². The van der Waals surface area contributed by atoms with Gasteiger partial charge in [0.15, 0.2) is 0 Å². The molecule has 0 saturated carbocycles. The Balaban J connectivity index is 2.14. The number of nitrogens with one attached hydrogen (secondary N) is 1. The quantitative estimate of drug-likeness (QED) is 0.785. The zero-order valence-corrected chi connectivity index (χ0v) is 9.36. The van der Waals surface area contributed by atoms with Gasteiger partial charge < -0.3 is 11.1 Å². The average molecular weight is 211 g/mol. The van der Waals surface area contributed by atoms with E-state index in [1.165, 1.54) is 22.0 Å². The highest BCUT2D eigenvalue weighted by Gasteiger charge is 2.20. The maximum atomic E-state index is 5.56. The van der Waals surface area contributed by atoms with Crippen molar-refractivity contribution in [3.05, 3.63) is 15.6 Å². The smallest absolute Gasteiger partial charge is 0.0975 e. The van der Waals surface area contributed by atoms with Crippen LogP contribution < -0.4 is 11.1 Å². The van der Waals surface area contributed by atoms with E-state index in [2.05, 4.69) is 17.2 Å². The molecule has 1 aliphatic heterocycles. The lowest BCUT2D eigenvalue weighted by molar-refractivity contribution is 0.752. The minimum absolute atomic E-state index is 0.644. The summed E-state index contributed by atoms with van der Waals surface area (Å²) in [7, 11) is 0. The first-order valence-corrected chi connectivity index (χ1v) is 6.00. The summed E-state index contributed by atoms with van der Waals surface area (Å²) in [4.78, 5) is 6.00. The standard InChI is InChI=1S/C10H17N3S/c1-7-9(2-4-11)14-10(13-7)8-3-5-12-6-8/h8,12H,2-6,11H2,1H3. The topological polar surface area (TPSA) is 50.9 Å². The van der Waals surface area contributed by atoms with Crippen LogP contribution in [0.1, 0.15) is 27.9 Å². The summed E-state index contributed by atoms with van der Waals surface area (Å²) in [6, 6.07) is 0. The van der Waals surface area contributed by atoms with E-state index in [1.54, 1.807) is 0 Å². The predicted molar refractivity (Wildman–Crippen MR) is 59.8 cm³/mol. The molecule has 2 heterocycles. The fraction of sp³-hybridized carbons (Fsp3) is 0.700. The molecule has 0 aliphatic carbocycles. The predicted octanol–water partition coefficient (Wildman–Crippen LogP) is 1.03. The number of nitrogens with two attached hydrogens (primary N) is 1. The minimum Gasteiger partial charge on any atom is -0.330 e. The van der Waals surface area contributed by atoms with Crippen molar-refractivity contribution in [1.82, 2.24) is 10.3 Å². The zero-order valence-electron chi connectivity index (χ0n) is 8.55. The third kappa shape index (κ3) is 1.97. The molecule has 0 amide bonds. The number of rotatable bonds is 3. The summed E-state index contributed by atoms with van der Waals surface area (Å²) >= 11 is 1.85. The normalized spacial score (nSPS) is 21.7. The molecule has 1 aromatic rings. The van der Waals surface area contributed by atoms with Gasteiger partial charge in [0.25, 0.3) is 0 Å². The van der Waals surface area contributed by atoms with Crippen molar-refractivity contribution in [3.8, 4) is 0 Å². The van der Waals surface area contributed by atoms with Crippen LogP contribution in [0.4, 0.5) is 0 Å². The lowest BCUT2D eigenvalue weighted by Crippen LogP contribution is -2.07. The van der Waals surface area contributed by atoms with Crippen LogP contribution in [0.15, 0.2) is 0 Å². The number of aromatic nitrogens is 1. The highest BCUT2D eigenvalue weighted by Crippen LogP contribution is 2.28. The van der Waals surface area contributed by atoms with Crippen molar-refractivity contribution >= 4 is 11.3 Å². The van der Waals surface area contributed by atoms with E-state index in [9.17, 15) is 0 Å². The molecule has 4 heteroatoms. The fourth-order valence-corrected chi connectivity index (χ4v) is 3.07. The second-order valence-electron chi connectivity index (χ2n) is 3.79. The summed E-state index contributed by atoms with van der Waals surface area (Å²) < 4.78 is 0. The molecule has 0 aromatic carbocycles. The monoisotopic (exact) mass is 211 g/mol. The Morgan fingerprint density at radius 3 is 3.14 bits per heavy atom. The van der Waals surface area contributed by atoms with Gasteiger partial charge in [-0.2, -0.15) is 0 Å². The van der Waals surface area contributed by atoms with Crippen molar-refractivity contribution < 1.29 is 0 Å². The highest BCUT2D eigenvalue weighted by molar-refractivity contribution is 7.11. The third-order valence-electron chi connectivity index (χ3n) is 2.69. The van der Waals surface area contributed by atoms with Crippen molar-refractivity contribution in [2.75, 3.05) is 19.6 Å². The Hall–Kier alpha value is -0.450. The Morgan fingerprint density at radius 2 is 2.50 bits per heavy atom. The lowest BCUT2D eigenvalue weighted by Gasteiger charge is -2.01. The fourth-order valence-electron chi connectivity index (χ4n) is 1.85. The van der Waals surface area contributed by atoms with Crippen molar-refractivity contribution in [2.24, 2.45) is 5.73 Å². The third-order valence-corrected chi connectivity index (χ3v) is 4.07. The largest absolute Gasteiger partial charge is 0.330 e. The molecule has 1 saturated heterocycles. The molecule has 1 aliphatic rings. The molecule has 0 spiro atoms. The van der Waals surface area contributed by atoms with Crippen LogP contribution in [-0.2, 0) is 6.42 Å². The number of hydrogen-bond donors (Lipinski definition) is 2. The van der Waals surface area contributed by atoms with Gasteiger partial charge in [0, 0.05) is 17.3 Å². The molecule has 0 bridgehead atoms. The summed E-state index contributed by atoms with van der Waals surface area (Å²) in [5, 5.41) is 4.68. The molecule has 3 nitrogen and oxygen atoms in total. The number of hydrogen-bond acceptors (Lipinski definition) is 4. The molecule has 1 fully saturated rings. The molecule has 3 N–H and O–H groups in total. The molecule has 1 unspecified atom stereocenters. The van der Waals surface area contributed by atoms with Crippen molar-refractivity contribution in [2.45, 2.75) is 25.7 Å². The summed E-state index contributed by atoms with van der Waals surface area (Å²) in [6.45, 7) is 5.04. The molecule has 0 radical (unpaired) electrons. The average Bonchev–Trinajstić information content (AvgIpc) is 2.76. The zero-order chi connectivity index (χ0) is 9.97. The van der Waals surface area contributed by atoms with E-state index in [0.29, 0.717) is 5.92 Å². The van der Waals surface area contributed by atoms with Gasteiger partial charge in [-0.1, -0.05) is 0 Å². The van der Waals surface area contributed by atoms with Gasteiger partial charge >= 0.3 is 0 Å². The van der Waals surface area contributed by atoms with E-state index in [0.717, 1.165) is 26.1 Å². The lowest BCUT2D eigenvalue weighted by atomic mass is 10.1. The molecule has 14 heavy (non-hydrogen) atoms. The van der Waals surface area contributed by atoms with Gasteiger partial charge in [-0.25, -0.2) is 4.98 Å². The van der Waals surface area contributed by atoms with Crippen molar-refractivity contribution in [1.29, 1.82) is 0 Å². The second kappa shape index (κ2) is 4.38. The van der Waals surface area contributed by atoms with E-state index >= 15 is 0 Å². The number of thiazole rings is 1. The van der Waals surface area contributed by atoms with Gasteiger partial charge in [0.2, 0.25) is 0 Å². The van der Waals surface area contributed by atoms with Crippen LogP contribution in [0.25, 0.3) is 0 Å². The maximum Gasteiger partial charge on any atom is 0.0975 e.